The summed E-state index contributed by atoms with van der Waals surface area (Å²) < 4.78 is 0.772. The fourth-order valence-electron chi connectivity index (χ4n) is 1.49. The second-order valence-corrected chi connectivity index (χ2v) is 4.43. The van der Waals surface area contributed by atoms with Gasteiger partial charge in [-0.1, -0.05) is 29.8 Å². The normalized spacial score (nSPS) is 12.5. The van der Waals surface area contributed by atoms with E-state index in [1.165, 1.54) is 6.07 Å². The van der Waals surface area contributed by atoms with Crippen molar-refractivity contribution in [1.29, 1.82) is 0 Å². The minimum atomic E-state index is -0.960. The third-order valence-corrected chi connectivity index (χ3v) is 3.17. The monoisotopic (exact) mass is 271 g/mol. The molecule has 1 aromatic rings. The molecule has 0 fully saturated rings. The van der Waals surface area contributed by atoms with Crippen molar-refractivity contribution in [2.75, 3.05) is 5.73 Å². The Kier molecular flexibility index (Phi) is 3.74. The average Bonchev–Trinajstić information content (AvgIpc) is 2.16. The van der Waals surface area contributed by atoms with Crippen LogP contribution in [0.3, 0.4) is 0 Å². The Balaban J connectivity index is 3.27. The number of hydrogen-bond donors (Lipinski definition) is 2. The lowest BCUT2D eigenvalue weighted by molar-refractivity contribution is 0.0697. The summed E-state index contributed by atoms with van der Waals surface area (Å²) in [6, 6.07) is 3.11. The van der Waals surface area contributed by atoms with Crippen LogP contribution in [0.15, 0.2) is 16.6 Å². The number of nitrogens with two attached hydrogens (primary N) is 1. The molecule has 0 aliphatic heterocycles. The fraction of sp³-hybridized carbons (Fsp3) is 0.364. The van der Waals surface area contributed by atoms with Gasteiger partial charge in [-0.2, -0.15) is 0 Å². The molecule has 15 heavy (non-hydrogen) atoms. The third kappa shape index (κ3) is 2.50. The smallest absolute Gasteiger partial charge is 0.335 e. The van der Waals surface area contributed by atoms with Gasteiger partial charge in [0, 0.05) is 10.2 Å². The molecule has 1 rings (SSSR count). The SMILES string of the molecule is CCC(C)c1c(N)cc(C(=O)O)cc1Br. The van der Waals surface area contributed by atoms with Gasteiger partial charge in [0.15, 0.2) is 0 Å². The van der Waals surface area contributed by atoms with Crippen LogP contribution in [0.25, 0.3) is 0 Å². The second-order valence-electron chi connectivity index (χ2n) is 3.58. The van der Waals surface area contributed by atoms with Gasteiger partial charge in [0.05, 0.1) is 5.56 Å². The molecule has 0 aliphatic rings. The fourth-order valence-corrected chi connectivity index (χ4v) is 2.35. The molecule has 0 heterocycles. The lowest BCUT2D eigenvalue weighted by Gasteiger charge is -2.15. The highest BCUT2D eigenvalue weighted by Crippen LogP contribution is 2.33. The quantitative estimate of drug-likeness (QED) is 0.830. The number of nitrogen functional groups attached to an aromatic ring is 1. The van der Waals surface area contributed by atoms with Crippen LogP contribution in [0.5, 0.6) is 0 Å². The molecule has 0 amide bonds. The van der Waals surface area contributed by atoms with E-state index < -0.39 is 5.97 Å². The molecule has 1 atom stereocenters. The number of carboxylic acids is 1. The van der Waals surface area contributed by atoms with E-state index in [9.17, 15) is 4.79 Å². The van der Waals surface area contributed by atoms with Crippen LogP contribution in [-0.2, 0) is 0 Å². The number of hydrogen-bond acceptors (Lipinski definition) is 2. The number of aromatic carboxylic acids is 1. The van der Waals surface area contributed by atoms with E-state index in [0.717, 1.165) is 16.5 Å². The Labute approximate surface area is 97.4 Å². The summed E-state index contributed by atoms with van der Waals surface area (Å²) in [5.74, 6) is -0.639. The van der Waals surface area contributed by atoms with Crippen LogP contribution < -0.4 is 5.73 Å². The van der Waals surface area contributed by atoms with E-state index in [2.05, 4.69) is 29.8 Å². The number of carboxylic acid groups (broad SMARTS) is 1. The number of benzene rings is 1. The van der Waals surface area contributed by atoms with Crippen LogP contribution in [0.1, 0.15) is 42.1 Å². The van der Waals surface area contributed by atoms with Gasteiger partial charge in [-0.3, -0.25) is 0 Å². The summed E-state index contributed by atoms with van der Waals surface area (Å²) >= 11 is 3.36. The molecule has 0 radical (unpaired) electrons. The second kappa shape index (κ2) is 4.66. The molecule has 0 spiro atoms. The summed E-state index contributed by atoms with van der Waals surface area (Å²) in [6.45, 7) is 4.14. The van der Waals surface area contributed by atoms with Crippen molar-refractivity contribution >= 4 is 27.6 Å². The summed E-state index contributed by atoms with van der Waals surface area (Å²) in [6.07, 6.45) is 0.967. The van der Waals surface area contributed by atoms with E-state index in [1.54, 1.807) is 6.07 Å². The van der Waals surface area contributed by atoms with Crippen LogP contribution in [-0.4, -0.2) is 11.1 Å². The number of rotatable bonds is 3. The molecule has 0 bridgehead atoms. The van der Waals surface area contributed by atoms with Gasteiger partial charge in [-0.25, -0.2) is 4.79 Å². The van der Waals surface area contributed by atoms with E-state index in [0.29, 0.717) is 11.6 Å². The number of halogens is 1. The zero-order valence-electron chi connectivity index (χ0n) is 8.75. The van der Waals surface area contributed by atoms with Crippen molar-refractivity contribution in [3.05, 3.63) is 27.7 Å². The molecule has 3 N–H and O–H groups in total. The molecule has 1 aromatic carbocycles. The summed E-state index contributed by atoms with van der Waals surface area (Å²) in [7, 11) is 0. The van der Waals surface area contributed by atoms with Crippen LogP contribution in [0.2, 0.25) is 0 Å². The third-order valence-electron chi connectivity index (χ3n) is 2.51. The first-order valence-electron chi connectivity index (χ1n) is 4.79. The van der Waals surface area contributed by atoms with Gasteiger partial charge < -0.3 is 10.8 Å². The van der Waals surface area contributed by atoms with Crippen LogP contribution in [0, 0.1) is 0 Å². The molecular weight excluding hydrogens is 258 g/mol. The molecular formula is C11H14BrNO2. The van der Waals surface area contributed by atoms with Gasteiger partial charge in [0.1, 0.15) is 0 Å². The molecule has 0 saturated heterocycles. The molecule has 4 heteroatoms. The first-order valence-corrected chi connectivity index (χ1v) is 5.58. The maximum absolute atomic E-state index is 10.8. The van der Waals surface area contributed by atoms with Gasteiger partial charge in [0.25, 0.3) is 0 Å². The topological polar surface area (TPSA) is 63.3 Å². The van der Waals surface area contributed by atoms with Gasteiger partial charge in [-0.15, -0.1) is 0 Å². The molecule has 3 nitrogen and oxygen atoms in total. The maximum atomic E-state index is 10.8. The van der Waals surface area contributed by atoms with Crippen molar-refractivity contribution in [1.82, 2.24) is 0 Å². The minimum Gasteiger partial charge on any atom is -0.478 e. The van der Waals surface area contributed by atoms with Gasteiger partial charge in [-0.05, 0) is 30.0 Å². The highest BCUT2D eigenvalue weighted by atomic mass is 79.9. The van der Waals surface area contributed by atoms with Crippen LogP contribution in [0.4, 0.5) is 5.69 Å². The van der Waals surface area contributed by atoms with Crippen molar-refractivity contribution in [3.63, 3.8) is 0 Å². The Morgan fingerprint density at radius 1 is 1.60 bits per heavy atom. The highest BCUT2D eigenvalue weighted by Gasteiger charge is 2.14. The lowest BCUT2D eigenvalue weighted by Crippen LogP contribution is -2.04. The summed E-state index contributed by atoms with van der Waals surface area (Å²) in [4.78, 5) is 10.8. The molecule has 1 unspecified atom stereocenters. The standard InChI is InChI=1S/C11H14BrNO2/c1-3-6(2)10-8(12)4-7(11(14)15)5-9(10)13/h4-6H,3,13H2,1-2H3,(H,14,15). The number of anilines is 1. The molecule has 0 aromatic heterocycles. The van der Waals surface area contributed by atoms with Crippen molar-refractivity contribution in [2.24, 2.45) is 0 Å². The predicted octanol–water partition coefficient (Wildman–Crippen LogP) is 3.24. The van der Waals surface area contributed by atoms with Crippen molar-refractivity contribution < 1.29 is 9.90 Å². The maximum Gasteiger partial charge on any atom is 0.335 e. The van der Waals surface area contributed by atoms with E-state index in [4.69, 9.17) is 10.8 Å². The zero-order valence-corrected chi connectivity index (χ0v) is 10.3. The Bertz CT molecular complexity index is 367. The Morgan fingerprint density at radius 3 is 2.60 bits per heavy atom. The zero-order chi connectivity index (χ0) is 11.6. The molecule has 0 saturated carbocycles. The first-order chi connectivity index (χ1) is 6.97. The predicted molar refractivity (Wildman–Crippen MR) is 64.2 cm³/mol. The molecule has 0 aliphatic carbocycles. The molecule has 82 valence electrons. The van der Waals surface area contributed by atoms with E-state index in [1.807, 2.05) is 0 Å². The number of carbonyl (C=O) groups is 1. The van der Waals surface area contributed by atoms with Crippen molar-refractivity contribution in [2.45, 2.75) is 26.2 Å². The Hall–Kier alpha value is -1.03. The largest absolute Gasteiger partial charge is 0.478 e. The van der Waals surface area contributed by atoms with E-state index in [-0.39, 0.29) is 5.56 Å². The minimum absolute atomic E-state index is 0.214. The lowest BCUT2D eigenvalue weighted by atomic mass is 9.95. The van der Waals surface area contributed by atoms with E-state index >= 15 is 0 Å². The Morgan fingerprint density at radius 2 is 2.20 bits per heavy atom. The average molecular weight is 272 g/mol. The summed E-state index contributed by atoms with van der Waals surface area (Å²) in [5.41, 5.74) is 7.58. The summed E-state index contributed by atoms with van der Waals surface area (Å²) in [5, 5.41) is 8.84. The van der Waals surface area contributed by atoms with Gasteiger partial charge >= 0.3 is 5.97 Å². The van der Waals surface area contributed by atoms with Crippen molar-refractivity contribution in [3.8, 4) is 0 Å². The van der Waals surface area contributed by atoms with Gasteiger partial charge in [0.2, 0.25) is 0 Å². The van der Waals surface area contributed by atoms with Crippen LogP contribution >= 0.6 is 15.9 Å². The highest BCUT2D eigenvalue weighted by molar-refractivity contribution is 9.10. The first kappa shape index (κ1) is 12.0.